The molecule has 0 atom stereocenters. The number of carbonyl (C=O) groups is 1. The number of pyridine rings is 1. The Bertz CT molecular complexity index is 773. The van der Waals surface area contributed by atoms with Crippen LogP contribution in [0.5, 0.6) is 5.75 Å². The van der Waals surface area contributed by atoms with Crippen LogP contribution in [0.1, 0.15) is 50.5 Å². The molecule has 1 saturated heterocycles. The molecule has 4 rings (SSSR count). The highest BCUT2D eigenvalue weighted by atomic mass is 19.4. The fourth-order valence-corrected chi connectivity index (χ4v) is 5.02. The molecule has 1 aromatic rings. The maximum Gasteiger partial charge on any atom is 0.389 e. The van der Waals surface area contributed by atoms with Crippen LogP contribution in [0.2, 0.25) is 0 Å². The van der Waals surface area contributed by atoms with E-state index in [1.165, 1.54) is 5.56 Å². The van der Waals surface area contributed by atoms with Crippen LogP contribution < -0.4 is 15.0 Å². The number of nitrogens with one attached hydrogen (secondary N) is 1. The minimum atomic E-state index is -4.27. The molecule has 178 valence electrons. The molecule has 9 heteroatoms. The number of rotatable bonds is 7. The van der Waals surface area contributed by atoms with Gasteiger partial charge in [-0.1, -0.05) is 0 Å². The van der Waals surface area contributed by atoms with Crippen molar-refractivity contribution in [1.82, 2.24) is 15.2 Å². The minimum absolute atomic E-state index is 0.0258. The number of amides is 1. The maximum atomic E-state index is 12.2. The van der Waals surface area contributed by atoms with E-state index >= 15 is 0 Å². The van der Waals surface area contributed by atoms with E-state index in [0.717, 1.165) is 89.4 Å². The van der Waals surface area contributed by atoms with Gasteiger partial charge in [0.2, 0.25) is 5.91 Å². The lowest BCUT2D eigenvalue weighted by molar-refractivity contribution is -0.144. The molecule has 1 amide bonds. The minimum Gasteiger partial charge on any atom is -0.489 e. The number of nitrogens with zero attached hydrogens (tertiary/aromatic N) is 3. The Morgan fingerprint density at radius 3 is 2.62 bits per heavy atom. The molecule has 0 radical (unpaired) electrons. The smallest absolute Gasteiger partial charge is 0.389 e. The van der Waals surface area contributed by atoms with Crippen molar-refractivity contribution in [2.75, 3.05) is 44.2 Å². The van der Waals surface area contributed by atoms with E-state index in [1.54, 1.807) is 0 Å². The second kappa shape index (κ2) is 10.3. The Morgan fingerprint density at radius 1 is 1.16 bits per heavy atom. The molecular weight excluding hydrogens is 421 g/mol. The van der Waals surface area contributed by atoms with Crippen molar-refractivity contribution in [2.45, 2.75) is 63.6 Å². The molecule has 0 unspecified atom stereocenters. The first-order valence-corrected chi connectivity index (χ1v) is 11.8. The van der Waals surface area contributed by atoms with Gasteiger partial charge in [-0.15, -0.1) is 0 Å². The van der Waals surface area contributed by atoms with Crippen LogP contribution in [-0.4, -0.2) is 67.3 Å². The zero-order chi connectivity index (χ0) is 22.6. The standard InChI is InChI=1S/C23H33F3N4O2/c24-23(25,26)9-5-20(31)28-19-3-1-17(2-4-19)7-11-29-12-14-30(15-13-29)22-21-18(6-10-27-22)8-16-32-21/h6,10,17,19H,1-5,7-9,11-16H2,(H,28,31)/t17-,19-. The van der Waals surface area contributed by atoms with Crippen LogP contribution in [0.3, 0.4) is 0 Å². The maximum absolute atomic E-state index is 12.2. The summed E-state index contributed by atoms with van der Waals surface area (Å²) in [7, 11) is 0. The van der Waals surface area contributed by atoms with Gasteiger partial charge in [0.15, 0.2) is 11.6 Å². The van der Waals surface area contributed by atoms with Crippen LogP contribution >= 0.6 is 0 Å². The van der Waals surface area contributed by atoms with Gasteiger partial charge >= 0.3 is 6.18 Å². The summed E-state index contributed by atoms with van der Waals surface area (Å²) < 4.78 is 42.6. The first-order chi connectivity index (χ1) is 15.4. The number of piperazine rings is 1. The summed E-state index contributed by atoms with van der Waals surface area (Å²) in [6.45, 7) is 5.73. The highest BCUT2D eigenvalue weighted by molar-refractivity contribution is 5.76. The van der Waals surface area contributed by atoms with Gasteiger partial charge in [-0.05, 0) is 50.6 Å². The summed E-state index contributed by atoms with van der Waals surface area (Å²) in [4.78, 5) is 21.1. The molecule has 6 nitrogen and oxygen atoms in total. The van der Waals surface area contributed by atoms with Crippen molar-refractivity contribution in [1.29, 1.82) is 0 Å². The zero-order valence-corrected chi connectivity index (χ0v) is 18.5. The first kappa shape index (κ1) is 23.1. The van der Waals surface area contributed by atoms with Gasteiger partial charge in [0.1, 0.15) is 0 Å². The van der Waals surface area contributed by atoms with E-state index in [0.29, 0.717) is 5.92 Å². The van der Waals surface area contributed by atoms with Crippen molar-refractivity contribution in [2.24, 2.45) is 5.92 Å². The molecule has 1 aliphatic carbocycles. The van der Waals surface area contributed by atoms with E-state index in [4.69, 9.17) is 4.74 Å². The van der Waals surface area contributed by atoms with Crippen molar-refractivity contribution < 1.29 is 22.7 Å². The molecule has 0 bridgehead atoms. The van der Waals surface area contributed by atoms with Gasteiger partial charge in [-0.2, -0.15) is 13.2 Å². The number of hydrogen-bond acceptors (Lipinski definition) is 5. The quantitative estimate of drug-likeness (QED) is 0.683. The van der Waals surface area contributed by atoms with Gasteiger partial charge in [0, 0.05) is 56.8 Å². The Morgan fingerprint density at radius 2 is 1.91 bits per heavy atom. The summed E-state index contributed by atoms with van der Waals surface area (Å²) in [5.74, 6) is 2.09. The normalized spacial score (nSPS) is 24.2. The van der Waals surface area contributed by atoms with Gasteiger partial charge in [0.25, 0.3) is 0 Å². The molecule has 1 saturated carbocycles. The van der Waals surface area contributed by atoms with Crippen molar-refractivity contribution in [3.63, 3.8) is 0 Å². The van der Waals surface area contributed by atoms with E-state index in [2.05, 4.69) is 20.1 Å². The Balaban J connectivity index is 1.12. The van der Waals surface area contributed by atoms with E-state index < -0.39 is 24.9 Å². The number of hydrogen-bond donors (Lipinski definition) is 1. The molecule has 0 spiro atoms. The van der Waals surface area contributed by atoms with Gasteiger partial charge in [-0.25, -0.2) is 4.98 Å². The second-order valence-electron chi connectivity index (χ2n) is 9.24. The second-order valence-corrected chi connectivity index (χ2v) is 9.24. The highest BCUT2D eigenvalue weighted by Gasteiger charge is 2.29. The van der Waals surface area contributed by atoms with E-state index in [9.17, 15) is 18.0 Å². The summed E-state index contributed by atoms with van der Waals surface area (Å²) in [5.41, 5.74) is 1.25. The first-order valence-electron chi connectivity index (χ1n) is 11.8. The van der Waals surface area contributed by atoms with Crippen molar-refractivity contribution in [3.8, 4) is 5.75 Å². The number of ether oxygens (including phenoxy) is 1. The lowest BCUT2D eigenvalue weighted by Gasteiger charge is -2.37. The van der Waals surface area contributed by atoms with Gasteiger partial charge < -0.3 is 15.0 Å². The number of anilines is 1. The third kappa shape index (κ3) is 6.27. The SMILES string of the molecule is O=C(CCC(F)(F)F)N[C@H]1CC[C@H](CCN2CCN(c3nccc4c3OCC4)CC2)CC1. The molecule has 0 aromatic carbocycles. The Labute approximate surface area is 187 Å². The average molecular weight is 455 g/mol. The number of aromatic nitrogens is 1. The number of carbonyl (C=O) groups excluding carboxylic acids is 1. The predicted molar refractivity (Wildman–Crippen MR) is 116 cm³/mol. The van der Waals surface area contributed by atoms with Crippen LogP contribution in [0.4, 0.5) is 19.0 Å². The Hall–Kier alpha value is -2.03. The van der Waals surface area contributed by atoms with Crippen LogP contribution in [0.15, 0.2) is 12.3 Å². The molecular formula is C23H33F3N4O2. The topological polar surface area (TPSA) is 57.7 Å². The number of fused-ring (bicyclic) bond motifs is 1. The fraction of sp³-hybridized carbons (Fsp3) is 0.739. The third-order valence-electron chi connectivity index (χ3n) is 6.96. The molecule has 3 aliphatic rings. The van der Waals surface area contributed by atoms with E-state index in [1.807, 2.05) is 12.3 Å². The zero-order valence-electron chi connectivity index (χ0n) is 18.5. The molecule has 2 aliphatic heterocycles. The molecule has 3 heterocycles. The van der Waals surface area contributed by atoms with Crippen molar-refractivity contribution >= 4 is 11.7 Å². The molecule has 32 heavy (non-hydrogen) atoms. The molecule has 1 N–H and O–H groups in total. The van der Waals surface area contributed by atoms with Crippen LogP contribution in [0.25, 0.3) is 0 Å². The lowest BCUT2D eigenvalue weighted by atomic mass is 9.84. The third-order valence-corrected chi connectivity index (χ3v) is 6.96. The highest BCUT2D eigenvalue weighted by Crippen LogP contribution is 2.34. The van der Waals surface area contributed by atoms with Gasteiger partial charge in [-0.3, -0.25) is 9.69 Å². The fourth-order valence-electron chi connectivity index (χ4n) is 5.02. The summed E-state index contributed by atoms with van der Waals surface area (Å²) in [5, 5.41) is 2.78. The van der Waals surface area contributed by atoms with Gasteiger partial charge in [0.05, 0.1) is 13.0 Å². The lowest BCUT2D eigenvalue weighted by Crippen LogP contribution is -2.47. The summed E-state index contributed by atoms with van der Waals surface area (Å²) in [6, 6.07) is 2.07. The van der Waals surface area contributed by atoms with Crippen molar-refractivity contribution in [3.05, 3.63) is 17.8 Å². The largest absolute Gasteiger partial charge is 0.489 e. The average Bonchev–Trinajstić information content (AvgIpc) is 3.26. The van der Waals surface area contributed by atoms with E-state index in [-0.39, 0.29) is 6.04 Å². The molecule has 1 aromatic heterocycles. The number of halogens is 3. The monoisotopic (exact) mass is 454 g/mol. The summed E-state index contributed by atoms with van der Waals surface area (Å²) >= 11 is 0. The van der Waals surface area contributed by atoms with Crippen LogP contribution in [-0.2, 0) is 11.2 Å². The summed E-state index contributed by atoms with van der Waals surface area (Å²) in [6.07, 6.45) is 1.97. The predicted octanol–water partition coefficient (Wildman–Crippen LogP) is 3.55. The Kier molecular flexibility index (Phi) is 7.43. The van der Waals surface area contributed by atoms with Crippen LogP contribution in [0, 0.1) is 5.92 Å². The number of alkyl halides is 3. The molecule has 2 fully saturated rings.